The average molecular weight is 406 g/mol. The Morgan fingerprint density at radius 2 is 1.28 bits per heavy atom. The molecule has 7 nitrogen and oxygen atoms in total. The van der Waals surface area contributed by atoms with Crippen LogP contribution in [0.25, 0.3) is 0 Å². The van der Waals surface area contributed by atoms with Crippen LogP contribution in [0.3, 0.4) is 0 Å². The second-order valence-corrected chi connectivity index (χ2v) is 7.82. The minimum Gasteiger partial charge on any atom is -0.481 e. The number of carboxylic acid groups (broad SMARTS) is 2. The van der Waals surface area contributed by atoms with Crippen molar-refractivity contribution in [3.8, 4) is 0 Å². The Hall–Kier alpha value is 0.486. The van der Waals surface area contributed by atoms with Gasteiger partial charge in [-0.05, 0) is 12.8 Å². The summed E-state index contributed by atoms with van der Waals surface area (Å²) < 4.78 is 32.6. The smallest absolute Gasteiger partial charge is 0.325 e. The Kier molecular flexibility index (Phi) is 15.1. The first-order valence-corrected chi connectivity index (χ1v) is 10.1. The number of carbonyl (C=O) groups is 2. The fourth-order valence-electron chi connectivity index (χ4n) is 3.10. The Morgan fingerprint density at radius 3 is 1.52 bits per heavy atom. The molecule has 0 saturated carbocycles. The topological polar surface area (TPSA) is 129 Å². The average Bonchev–Trinajstić information content (AvgIpc) is 2.45. The monoisotopic (exact) mass is 405 g/mol. The molecule has 0 aliphatic heterocycles. The maximum Gasteiger partial charge on any atom is 0.325 e. The van der Waals surface area contributed by atoms with Crippen LogP contribution >= 0.6 is 0 Å². The number of carboxylic acids is 2. The molecule has 25 heavy (non-hydrogen) atoms. The third-order valence-corrected chi connectivity index (χ3v) is 5.65. The van der Waals surface area contributed by atoms with Crippen LogP contribution in [0.2, 0.25) is 0 Å². The predicted molar refractivity (Wildman–Crippen MR) is 96.3 cm³/mol. The maximum atomic E-state index is 11.9. The van der Waals surface area contributed by atoms with Gasteiger partial charge >= 0.3 is 11.9 Å². The van der Waals surface area contributed by atoms with Gasteiger partial charge in [-0.3, -0.25) is 14.1 Å². The number of hydrogen-bond acceptors (Lipinski definition) is 4. The Morgan fingerprint density at radius 1 is 0.880 bits per heavy atom. The van der Waals surface area contributed by atoms with Gasteiger partial charge in [-0.1, -0.05) is 65.2 Å². The van der Waals surface area contributed by atoms with E-state index in [9.17, 15) is 32.8 Å². The van der Waals surface area contributed by atoms with Crippen molar-refractivity contribution in [1.82, 2.24) is 0 Å². The molecule has 0 heterocycles. The van der Waals surface area contributed by atoms with Crippen LogP contribution in [-0.4, -0.2) is 91.8 Å². The van der Waals surface area contributed by atoms with E-state index in [1.165, 1.54) is 0 Å². The second-order valence-electron chi connectivity index (χ2n) is 6.32. The summed E-state index contributed by atoms with van der Waals surface area (Å²) in [4.78, 5) is 23.4. The summed E-state index contributed by atoms with van der Waals surface area (Å²) >= 11 is 0. The molecule has 1 atom stereocenters. The summed E-state index contributed by atoms with van der Waals surface area (Å²) in [6.45, 7) is 3.96. The van der Waals surface area contributed by atoms with Crippen molar-refractivity contribution in [2.75, 3.05) is 0 Å². The SMILES string of the molecule is CCCCCCC(CCCCCC)(C(=O)O)C(C(=O)O)S(=O)(=O)O.[K]. The maximum absolute atomic E-state index is 11.9. The van der Waals surface area contributed by atoms with Gasteiger partial charge in [0.1, 0.15) is 0 Å². The fraction of sp³-hybridized carbons (Fsp3) is 0.875. The Bertz CT molecular complexity index is 493. The van der Waals surface area contributed by atoms with Gasteiger partial charge < -0.3 is 10.2 Å². The number of aliphatic carboxylic acids is 2. The molecule has 0 aliphatic carbocycles. The zero-order valence-corrected chi connectivity index (χ0v) is 19.5. The molecule has 0 aromatic carbocycles. The standard InChI is InChI=1S/C16H30O7S.K/c1-3-5-7-9-11-16(15(19)20,12-10-8-6-4-2)13(14(17)18)24(21,22)23;/h13H,3-12H2,1-2H3,(H,17,18)(H,19,20)(H,21,22,23);. The van der Waals surface area contributed by atoms with Crippen LogP contribution in [0.5, 0.6) is 0 Å². The molecule has 9 heteroatoms. The van der Waals surface area contributed by atoms with Crippen molar-refractivity contribution in [3.05, 3.63) is 0 Å². The zero-order chi connectivity index (χ0) is 18.8. The summed E-state index contributed by atoms with van der Waals surface area (Å²) in [5, 5.41) is 16.6. The van der Waals surface area contributed by atoms with Gasteiger partial charge in [0.2, 0.25) is 0 Å². The van der Waals surface area contributed by atoms with Crippen molar-refractivity contribution in [2.45, 2.75) is 83.3 Å². The van der Waals surface area contributed by atoms with E-state index in [-0.39, 0.29) is 64.2 Å². The summed E-state index contributed by atoms with van der Waals surface area (Å²) in [7, 11) is -5.03. The minimum absolute atomic E-state index is 0. The summed E-state index contributed by atoms with van der Waals surface area (Å²) in [6.07, 6.45) is 5.59. The molecular weight excluding hydrogens is 375 g/mol. The van der Waals surface area contributed by atoms with Crippen LogP contribution in [0.15, 0.2) is 0 Å². The first kappa shape index (κ1) is 27.7. The van der Waals surface area contributed by atoms with Crippen molar-refractivity contribution in [1.29, 1.82) is 0 Å². The molecule has 0 bridgehead atoms. The van der Waals surface area contributed by atoms with E-state index in [4.69, 9.17) is 0 Å². The normalized spacial score (nSPS) is 13.1. The van der Waals surface area contributed by atoms with Gasteiger partial charge in [0, 0.05) is 51.4 Å². The molecule has 1 radical (unpaired) electrons. The molecule has 0 spiro atoms. The second kappa shape index (κ2) is 13.6. The molecule has 0 aliphatic rings. The van der Waals surface area contributed by atoms with Gasteiger partial charge in [-0.25, -0.2) is 0 Å². The predicted octanol–water partition coefficient (Wildman–Crippen LogP) is 2.96. The Balaban J connectivity index is 0. The van der Waals surface area contributed by atoms with Crippen LogP contribution in [0, 0.1) is 5.41 Å². The summed E-state index contributed by atoms with van der Waals surface area (Å²) in [5.74, 6) is -3.29. The third-order valence-electron chi connectivity index (χ3n) is 4.40. The fourth-order valence-corrected chi connectivity index (χ4v) is 4.26. The van der Waals surface area contributed by atoms with Crippen molar-refractivity contribution >= 4 is 73.4 Å². The Labute approximate surface area is 193 Å². The van der Waals surface area contributed by atoms with Crippen LogP contribution in [-0.2, 0) is 19.7 Å². The molecule has 0 saturated heterocycles. The summed E-state index contributed by atoms with van der Waals surface area (Å²) in [5.41, 5.74) is -2.00. The van der Waals surface area contributed by atoms with Crippen LogP contribution in [0.1, 0.15) is 78.1 Å². The van der Waals surface area contributed by atoms with Crippen molar-refractivity contribution in [2.24, 2.45) is 5.41 Å². The van der Waals surface area contributed by atoms with E-state index in [2.05, 4.69) is 0 Å². The van der Waals surface area contributed by atoms with E-state index in [0.29, 0.717) is 25.7 Å². The van der Waals surface area contributed by atoms with Crippen molar-refractivity contribution < 1.29 is 32.8 Å². The van der Waals surface area contributed by atoms with E-state index >= 15 is 0 Å². The van der Waals surface area contributed by atoms with Crippen LogP contribution < -0.4 is 0 Å². The van der Waals surface area contributed by atoms with E-state index in [0.717, 1.165) is 25.7 Å². The van der Waals surface area contributed by atoms with Gasteiger partial charge in [0.15, 0.2) is 5.25 Å². The quantitative estimate of drug-likeness (QED) is 0.230. The van der Waals surface area contributed by atoms with E-state index < -0.39 is 32.7 Å². The van der Waals surface area contributed by atoms with Gasteiger partial charge in [-0.15, -0.1) is 0 Å². The number of hydrogen-bond donors (Lipinski definition) is 3. The van der Waals surface area contributed by atoms with E-state index in [1.54, 1.807) is 0 Å². The van der Waals surface area contributed by atoms with Crippen molar-refractivity contribution in [3.63, 3.8) is 0 Å². The van der Waals surface area contributed by atoms with Crippen LogP contribution in [0.4, 0.5) is 0 Å². The molecule has 3 N–H and O–H groups in total. The number of unbranched alkanes of at least 4 members (excludes halogenated alkanes) is 6. The summed E-state index contributed by atoms with van der Waals surface area (Å²) in [6, 6.07) is 0. The minimum atomic E-state index is -5.03. The zero-order valence-electron chi connectivity index (χ0n) is 15.5. The molecule has 1 unspecified atom stereocenters. The molecule has 143 valence electrons. The molecule has 0 aromatic heterocycles. The van der Waals surface area contributed by atoms with Gasteiger partial charge in [-0.2, -0.15) is 8.42 Å². The van der Waals surface area contributed by atoms with Gasteiger partial charge in [0.25, 0.3) is 10.1 Å². The molecule has 0 amide bonds. The first-order chi connectivity index (χ1) is 11.1. The molecular formula is C16H30KO7S. The molecule has 0 aromatic rings. The first-order valence-electron chi connectivity index (χ1n) is 8.56. The largest absolute Gasteiger partial charge is 0.481 e. The van der Waals surface area contributed by atoms with Gasteiger partial charge in [0.05, 0.1) is 5.41 Å². The number of rotatable bonds is 14. The molecule has 0 rings (SSSR count). The third kappa shape index (κ3) is 9.30. The van der Waals surface area contributed by atoms with E-state index in [1.807, 2.05) is 13.8 Å². The molecule has 0 fully saturated rings.